The fraction of sp³-hybridized carbons (Fsp3) is 0.257. The van der Waals surface area contributed by atoms with E-state index in [0.717, 1.165) is 38.7 Å². The first kappa shape index (κ1) is 34.1. The molecule has 0 bridgehead atoms. The summed E-state index contributed by atoms with van der Waals surface area (Å²) in [5.74, 6) is 1.15. The van der Waals surface area contributed by atoms with Crippen molar-refractivity contribution in [2.24, 2.45) is 0 Å². The Labute approximate surface area is 278 Å². The van der Waals surface area contributed by atoms with E-state index in [9.17, 15) is 5.11 Å². The van der Waals surface area contributed by atoms with Crippen molar-refractivity contribution in [3.05, 3.63) is 120 Å². The fourth-order valence-corrected chi connectivity index (χ4v) is 4.48. The molecule has 5 heterocycles. The number of rotatable bonds is 9. The summed E-state index contributed by atoms with van der Waals surface area (Å²) in [5, 5.41) is 16.2. The number of aromatic nitrogens is 7. The molecule has 1 aromatic carbocycles. The van der Waals surface area contributed by atoms with Crippen LogP contribution in [0.2, 0.25) is 0 Å². The molecule has 6 rings (SSSR count). The molecule has 10 nitrogen and oxygen atoms in total. The SMILES string of the molecule is Brc1ccncc1.CC[C@H](CO)Nc1nc(NCc2ccc(-c3ccncc3)cc2)c2ncn(C(C)C)c2n1.Cc1ccncc1. The lowest BCUT2D eigenvalue weighted by molar-refractivity contribution is 0.271. The number of aliphatic hydroxyl groups is 1. The van der Waals surface area contributed by atoms with Gasteiger partial charge in [0, 0.05) is 54.2 Å². The van der Waals surface area contributed by atoms with Gasteiger partial charge in [0.15, 0.2) is 17.0 Å². The predicted octanol–water partition coefficient (Wildman–Crippen LogP) is 7.50. The second kappa shape index (κ2) is 17.7. The number of hydrogen-bond donors (Lipinski definition) is 3. The van der Waals surface area contributed by atoms with Crippen LogP contribution in [0, 0.1) is 6.92 Å². The average molecular weight is 683 g/mol. The standard InChI is InChI=1S/C24H29N7O.C6H7N.C5H4BrN/c1-4-20(14-32)28-24-29-22(21-23(30-24)31(15-27-21)16(2)3)26-13-17-5-7-18(8-6-17)19-9-11-25-12-10-19;1-6-2-4-7-5-3-6;6-5-1-3-7-4-2-5/h5-12,15-16,20,32H,4,13-14H2,1-3H3,(H2,26,28,29,30);2-5H,1H3;1-4H/t20-;;/m1../s1. The quantitative estimate of drug-likeness (QED) is 0.142. The lowest BCUT2D eigenvalue weighted by Gasteiger charge is -2.16. The number of anilines is 2. The van der Waals surface area contributed by atoms with Crippen LogP contribution in [-0.4, -0.2) is 52.2 Å². The Balaban J connectivity index is 0.000000280. The Bertz CT molecular complexity index is 1690. The number of fused-ring (bicyclic) bond motifs is 1. The second-order valence-corrected chi connectivity index (χ2v) is 11.6. The Morgan fingerprint density at radius 2 is 1.39 bits per heavy atom. The van der Waals surface area contributed by atoms with Crippen LogP contribution in [0.1, 0.15) is 44.4 Å². The first-order valence-electron chi connectivity index (χ1n) is 15.1. The summed E-state index contributed by atoms with van der Waals surface area (Å²) in [7, 11) is 0. The third kappa shape index (κ3) is 10.1. The minimum Gasteiger partial charge on any atom is -0.394 e. The van der Waals surface area contributed by atoms with Crippen molar-refractivity contribution in [3.63, 3.8) is 0 Å². The summed E-state index contributed by atoms with van der Waals surface area (Å²) in [6, 6.07) is 20.3. The molecule has 0 saturated carbocycles. The van der Waals surface area contributed by atoms with Crippen LogP contribution in [0.25, 0.3) is 22.3 Å². The Kier molecular flexibility index (Phi) is 13.1. The third-order valence-corrected chi connectivity index (χ3v) is 7.47. The number of imidazole rings is 1. The summed E-state index contributed by atoms with van der Waals surface area (Å²) < 4.78 is 3.10. The largest absolute Gasteiger partial charge is 0.394 e. The first-order valence-corrected chi connectivity index (χ1v) is 15.9. The number of pyridine rings is 3. The van der Waals surface area contributed by atoms with Gasteiger partial charge in [-0.05, 0) is 85.8 Å². The summed E-state index contributed by atoms with van der Waals surface area (Å²) in [6.45, 7) is 8.87. The predicted molar refractivity (Wildman–Crippen MR) is 188 cm³/mol. The van der Waals surface area contributed by atoms with Gasteiger partial charge in [-0.3, -0.25) is 15.0 Å². The fourth-order valence-electron chi connectivity index (χ4n) is 4.25. The van der Waals surface area contributed by atoms with E-state index in [4.69, 9.17) is 0 Å². The normalized spacial score (nSPS) is 11.2. The van der Waals surface area contributed by atoms with Crippen LogP contribution >= 0.6 is 15.9 Å². The van der Waals surface area contributed by atoms with E-state index in [1.807, 2.05) is 54.8 Å². The molecule has 0 amide bonds. The number of halogens is 1. The molecular formula is C35H40BrN9O. The maximum absolute atomic E-state index is 9.57. The zero-order chi connectivity index (χ0) is 32.7. The lowest BCUT2D eigenvalue weighted by atomic mass is 10.1. The summed E-state index contributed by atoms with van der Waals surface area (Å²) in [4.78, 5) is 25.6. The van der Waals surface area contributed by atoms with Crippen molar-refractivity contribution >= 4 is 38.9 Å². The number of hydrogen-bond acceptors (Lipinski definition) is 9. The number of aliphatic hydroxyl groups excluding tert-OH is 1. The van der Waals surface area contributed by atoms with Crippen molar-refractivity contribution in [1.82, 2.24) is 34.5 Å². The highest BCUT2D eigenvalue weighted by Gasteiger charge is 2.16. The number of aryl methyl sites for hydroxylation is 1. The van der Waals surface area contributed by atoms with Gasteiger partial charge in [-0.15, -0.1) is 0 Å². The van der Waals surface area contributed by atoms with Crippen LogP contribution < -0.4 is 10.6 Å². The van der Waals surface area contributed by atoms with Gasteiger partial charge < -0.3 is 20.3 Å². The molecule has 0 fully saturated rings. The lowest BCUT2D eigenvalue weighted by Crippen LogP contribution is -2.24. The molecule has 0 aliphatic carbocycles. The maximum Gasteiger partial charge on any atom is 0.227 e. The molecule has 0 spiro atoms. The minimum atomic E-state index is -0.101. The van der Waals surface area contributed by atoms with Crippen molar-refractivity contribution in [1.29, 1.82) is 0 Å². The second-order valence-electron chi connectivity index (χ2n) is 10.7. The Hall–Kier alpha value is -4.74. The van der Waals surface area contributed by atoms with E-state index in [0.29, 0.717) is 18.3 Å². The molecule has 0 unspecified atom stereocenters. The van der Waals surface area contributed by atoms with Gasteiger partial charge in [-0.2, -0.15) is 9.97 Å². The number of nitrogens with one attached hydrogen (secondary N) is 2. The van der Waals surface area contributed by atoms with Gasteiger partial charge in [-0.1, -0.05) is 47.1 Å². The van der Waals surface area contributed by atoms with Gasteiger partial charge in [0.05, 0.1) is 19.0 Å². The first-order chi connectivity index (χ1) is 22.4. The van der Waals surface area contributed by atoms with Crippen molar-refractivity contribution in [3.8, 4) is 11.1 Å². The van der Waals surface area contributed by atoms with Gasteiger partial charge in [-0.25, -0.2) is 4.98 Å². The van der Waals surface area contributed by atoms with Crippen molar-refractivity contribution < 1.29 is 5.11 Å². The Morgan fingerprint density at radius 1 is 0.804 bits per heavy atom. The van der Waals surface area contributed by atoms with E-state index in [2.05, 4.69) is 94.6 Å². The summed E-state index contributed by atoms with van der Waals surface area (Å²) in [6.07, 6.45) is 13.2. The highest BCUT2D eigenvalue weighted by molar-refractivity contribution is 9.10. The van der Waals surface area contributed by atoms with E-state index < -0.39 is 0 Å². The average Bonchev–Trinajstić information content (AvgIpc) is 3.53. The molecule has 5 aromatic heterocycles. The zero-order valence-corrected chi connectivity index (χ0v) is 28.1. The van der Waals surface area contributed by atoms with E-state index >= 15 is 0 Å². The van der Waals surface area contributed by atoms with Gasteiger partial charge in [0.1, 0.15) is 0 Å². The topological polar surface area (TPSA) is 127 Å². The maximum atomic E-state index is 9.57. The molecule has 11 heteroatoms. The van der Waals surface area contributed by atoms with Crippen LogP contribution in [0.15, 0.2) is 109 Å². The molecule has 1 atom stereocenters. The van der Waals surface area contributed by atoms with E-state index in [1.165, 1.54) is 5.56 Å². The molecule has 0 aliphatic rings. The molecule has 3 N–H and O–H groups in total. The summed E-state index contributed by atoms with van der Waals surface area (Å²) >= 11 is 3.27. The molecule has 0 radical (unpaired) electrons. The van der Waals surface area contributed by atoms with Gasteiger partial charge in [0.2, 0.25) is 5.95 Å². The van der Waals surface area contributed by atoms with E-state index in [-0.39, 0.29) is 18.7 Å². The molecule has 0 aliphatic heterocycles. The van der Waals surface area contributed by atoms with Crippen LogP contribution in [0.4, 0.5) is 11.8 Å². The number of benzene rings is 1. The van der Waals surface area contributed by atoms with Crippen molar-refractivity contribution in [2.75, 3.05) is 17.2 Å². The minimum absolute atomic E-state index is 0.0218. The zero-order valence-electron chi connectivity index (χ0n) is 26.5. The molecule has 6 aromatic rings. The van der Waals surface area contributed by atoms with Crippen LogP contribution in [0.5, 0.6) is 0 Å². The molecule has 238 valence electrons. The molecular weight excluding hydrogens is 642 g/mol. The highest BCUT2D eigenvalue weighted by atomic mass is 79.9. The Morgan fingerprint density at radius 3 is 1.89 bits per heavy atom. The third-order valence-electron chi connectivity index (χ3n) is 6.94. The summed E-state index contributed by atoms with van der Waals surface area (Å²) in [5.41, 5.74) is 6.18. The molecule has 46 heavy (non-hydrogen) atoms. The smallest absolute Gasteiger partial charge is 0.227 e. The highest BCUT2D eigenvalue weighted by Crippen LogP contribution is 2.25. The van der Waals surface area contributed by atoms with E-state index in [1.54, 1.807) is 43.5 Å². The van der Waals surface area contributed by atoms with Crippen LogP contribution in [-0.2, 0) is 6.54 Å². The monoisotopic (exact) mass is 681 g/mol. The van der Waals surface area contributed by atoms with Gasteiger partial charge >= 0.3 is 0 Å². The van der Waals surface area contributed by atoms with Crippen molar-refractivity contribution in [2.45, 2.75) is 52.7 Å². The molecule has 0 saturated heterocycles. The van der Waals surface area contributed by atoms with Crippen LogP contribution in [0.3, 0.4) is 0 Å². The number of nitrogens with zero attached hydrogens (tertiary/aromatic N) is 7. The van der Waals surface area contributed by atoms with Gasteiger partial charge in [0.25, 0.3) is 0 Å².